The molecule has 0 saturated carbocycles. The lowest BCUT2D eigenvalue weighted by Crippen LogP contribution is -2.39. The summed E-state index contributed by atoms with van der Waals surface area (Å²) < 4.78 is 43.6. The Morgan fingerprint density at radius 3 is 1.15 bits per heavy atom. The van der Waals surface area contributed by atoms with Gasteiger partial charge in [0, 0.05) is 45.4 Å². The molecule has 0 unspecified atom stereocenters. The molecule has 75 heavy (non-hydrogen) atoms. The van der Waals surface area contributed by atoms with E-state index in [1.165, 1.54) is 0 Å². The van der Waals surface area contributed by atoms with Crippen molar-refractivity contribution in [3.05, 3.63) is 43.0 Å². The molecule has 24 heteroatoms. The van der Waals surface area contributed by atoms with Crippen molar-refractivity contribution >= 4 is 41.2 Å². The van der Waals surface area contributed by atoms with Crippen LogP contribution in [0.15, 0.2) is 48.2 Å². The van der Waals surface area contributed by atoms with E-state index >= 15 is 0 Å². The first-order valence-corrected chi connectivity index (χ1v) is 25.5. The molecular weight excluding hydrogens is 979 g/mol. The molecule has 24 nitrogen and oxygen atoms in total. The Bertz CT molecular complexity index is 1600. The first-order chi connectivity index (χ1) is 36.3. The Hall–Kier alpha value is -5.29. The number of hydrogen-bond acceptors (Lipinski definition) is 18. The zero-order chi connectivity index (χ0) is 56.3. The van der Waals surface area contributed by atoms with Crippen molar-refractivity contribution in [3.8, 4) is 0 Å². The Kier molecular flexibility index (Phi) is 58.8. The molecule has 0 aliphatic rings. The van der Waals surface area contributed by atoms with Gasteiger partial charge in [-0.1, -0.05) is 22.7 Å². The van der Waals surface area contributed by atoms with Gasteiger partial charge >= 0.3 is 0 Å². The SMILES string of the molecule is C=C=C=C=C.C=CC.CN[C@@H](CCCCNC(=O)CCOCCOCCOCCOCCNC(=O)CC/C(C)=N\OCC(=O)NCCOCCOCCOCCOCCC(=O)NCCCC[C@H](NC)C(N)=O)C(N)=O. The predicted octanol–water partition coefficient (Wildman–Crippen LogP) is 0.484. The van der Waals surface area contributed by atoms with Crippen LogP contribution in [0, 0.1) is 0 Å². The number of primary amides is 2. The highest BCUT2D eigenvalue weighted by molar-refractivity contribution is 5.86. The number of carbonyl (C=O) groups excluding carboxylic acids is 6. The van der Waals surface area contributed by atoms with Gasteiger partial charge in [0.15, 0.2) is 6.61 Å². The number of likely N-dealkylation sites (N-methyl/N-ethyl adjacent to an activating group) is 2. The van der Waals surface area contributed by atoms with Crippen molar-refractivity contribution in [2.45, 2.75) is 90.1 Å². The molecule has 0 heterocycles. The van der Waals surface area contributed by atoms with E-state index in [2.05, 4.69) is 74.0 Å². The highest BCUT2D eigenvalue weighted by atomic mass is 16.6. The van der Waals surface area contributed by atoms with Crippen LogP contribution in [-0.2, 0) is 71.5 Å². The largest absolute Gasteiger partial charge is 0.386 e. The zero-order valence-electron chi connectivity index (χ0n) is 45.5. The monoisotopic (exact) mass is 1070 g/mol. The Morgan fingerprint density at radius 2 is 0.813 bits per heavy atom. The Labute approximate surface area is 445 Å². The molecule has 432 valence electrons. The number of unbranched alkanes of at least 4 members (excludes halogenated alkanes) is 2. The van der Waals surface area contributed by atoms with Crippen LogP contribution >= 0.6 is 0 Å². The van der Waals surface area contributed by atoms with E-state index in [0.29, 0.717) is 157 Å². The van der Waals surface area contributed by atoms with E-state index in [4.69, 9.17) is 54.2 Å². The molecule has 0 aliphatic heterocycles. The number of nitrogens with zero attached hydrogens (tertiary/aromatic N) is 1. The fourth-order valence-corrected chi connectivity index (χ4v) is 5.56. The minimum Gasteiger partial charge on any atom is -0.386 e. The van der Waals surface area contributed by atoms with Crippen molar-refractivity contribution in [2.24, 2.45) is 16.6 Å². The molecule has 0 bridgehead atoms. The first-order valence-electron chi connectivity index (χ1n) is 25.5. The summed E-state index contributed by atoms with van der Waals surface area (Å²) in [4.78, 5) is 75.3. The van der Waals surface area contributed by atoms with Crippen LogP contribution in [0.1, 0.15) is 78.1 Å². The molecule has 2 atom stereocenters. The standard InChI is InChI=1S/C43H83N9O15.C5H4.C3H6/c1-35(10-11-38(53)50-16-20-61-24-28-65-32-30-63-26-22-59-18-12-39(54)48-14-6-4-8-36(46-2)42(44)57)52-67-34-41(56)51-17-21-62-25-29-66-33-31-64-27-23-60-19-13-40(55)49-15-7-5-9-37(47-3)43(45)58;1-3-5-4-2;1-3-2/h36-37,46-47H,4-34H2,1-3H3,(H2,44,57)(H2,45,58)(H,48,54)(H,49,55)(H,50,53)(H,51,56);1-2H2;3H,1H2,2H3/b52-35-;;/t36-,37-;;/m0../s1. The number of rotatable bonds is 50. The van der Waals surface area contributed by atoms with Crippen LogP contribution in [0.4, 0.5) is 0 Å². The maximum Gasteiger partial charge on any atom is 0.260 e. The Morgan fingerprint density at radius 1 is 0.493 bits per heavy atom. The van der Waals surface area contributed by atoms with Crippen LogP contribution in [0.3, 0.4) is 0 Å². The van der Waals surface area contributed by atoms with Gasteiger partial charge in [-0.15, -0.1) is 6.58 Å². The molecule has 0 saturated heterocycles. The van der Waals surface area contributed by atoms with E-state index in [9.17, 15) is 28.8 Å². The second kappa shape index (κ2) is 59.6. The van der Waals surface area contributed by atoms with E-state index in [1.54, 1.807) is 27.1 Å². The molecular formula is C51H93N9O15. The van der Waals surface area contributed by atoms with Gasteiger partial charge in [0.1, 0.15) is 0 Å². The molecule has 0 aliphatic carbocycles. The number of amides is 6. The van der Waals surface area contributed by atoms with Crippen LogP contribution in [0.2, 0.25) is 0 Å². The normalized spacial score (nSPS) is 11.4. The fourth-order valence-electron chi connectivity index (χ4n) is 5.56. The quantitative estimate of drug-likeness (QED) is 0.0135. The lowest BCUT2D eigenvalue weighted by atomic mass is 10.1. The fraction of sp³-hybridized carbons (Fsp3) is 0.725. The molecule has 6 amide bonds. The topological polar surface area (TPSA) is 322 Å². The number of ether oxygens (including phenoxy) is 8. The van der Waals surface area contributed by atoms with Gasteiger partial charge < -0.3 is 86.1 Å². The third kappa shape index (κ3) is 59.5. The number of hydrogen-bond donors (Lipinski definition) is 8. The number of nitrogens with one attached hydrogen (secondary N) is 6. The van der Waals surface area contributed by atoms with Gasteiger partial charge in [-0.2, -0.15) is 0 Å². The van der Waals surface area contributed by atoms with Gasteiger partial charge in [0.25, 0.3) is 5.91 Å². The average Bonchev–Trinajstić information content (AvgIpc) is 3.38. The van der Waals surface area contributed by atoms with Gasteiger partial charge in [0.05, 0.1) is 124 Å². The second-order valence-electron chi connectivity index (χ2n) is 15.8. The maximum atomic E-state index is 12.1. The molecule has 10 N–H and O–H groups in total. The zero-order valence-corrected chi connectivity index (χ0v) is 45.5. The highest BCUT2D eigenvalue weighted by Gasteiger charge is 2.13. The third-order valence-electron chi connectivity index (χ3n) is 9.49. The molecule has 0 aromatic carbocycles. The summed E-state index contributed by atoms with van der Waals surface area (Å²) in [5, 5.41) is 20.7. The van der Waals surface area contributed by atoms with Crippen LogP contribution in [0.5, 0.6) is 0 Å². The smallest absolute Gasteiger partial charge is 0.260 e. The number of carbonyl (C=O) groups is 6. The lowest BCUT2D eigenvalue weighted by molar-refractivity contribution is -0.126. The minimum absolute atomic E-state index is 0.0890. The maximum absolute atomic E-state index is 12.1. The number of allylic oxidation sites excluding steroid dienone is 1. The predicted molar refractivity (Wildman–Crippen MR) is 286 cm³/mol. The van der Waals surface area contributed by atoms with Crippen molar-refractivity contribution in [1.82, 2.24) is 31.9 Å². The molecule has 0 fully saturated rings. The summed E-state index contributed by atoms with van der Waals surface area (Å²) in [5.41, 5.74) is 18.2. The van der Waals surface area contributed by atoms with Crippen molar-refractivity contribution in [2.75, 3.05) is 153 Å². The van der Waals surface area contributed by atoms with Crippen molar-refractivity contribution < 1.29 is 71.5 Å². The summed E-state index contributed by atoms with van der Waals surface area (Å²) >= 11 is 0. The molecule has 0 radical (unpaired) electrons. The van der Waals surface area contributed by atoms with Crippen LogP contribution < -0.4 is 43.4 Å². The van der Waals surface area contributed by atoms with Gasteiger partial charge in [-0.3, -0.25) is 28.8 Å². The van der Waals surface area contributed by atoms with Gasteiger partial charge in [-0.05, 0) is 91.8 Å². The number of oxime groups is 1. The summed E-state index contributed by atoms with van der Waals surface area (Å²) in [6.45, 7) is 20.6. The molecule has 0 spiro atoms. The highest BCUT2D eigenvalue weighted by Crippen LogP contribution is 2.01. The second-order valence-corrected chi connectivity index (χ2v) is 15.8. The minimum atomic E-state index is -0.379. The summed E-state index contributed by atoms with van der Waals surface area (Å²) in [5.74, 6) is -1.45. The molecule has 0 aromatic heterocycles. The summed E-state index contributed by atoms with van der Waals surface area (Å²) in [6.07, 6.45) is 7.19. The van der Waals surface area contributed by atoms with E-state index in [1.807, 2.05) is 6.92 Å². The van der Waals surface area contributed by atoms with Gasteiger partial charge in [0.2, 0.25) is 29.5 Å². The number of nitrogens with two attached hydrogens (primary N) is 2. The Balaban J connectivity index is -0.00000600. The van der Waals surface area contributed by atoms with Crippen LogP contribution in [-0.4, -0.2) is 206 Å². The molecule has 0 aromatic rings. The van der Waals surface area contributed by atoms with E-state index in [0.717, 1.165) is 25.7 Å². The average molecular weight is 1070 g/mol. The van der Waals surface area contributed by atoms with E-state index < -0.39 is 0 Å². The summed E-state index contributed by atoms with van der Waals surface area (Å²) in [7, 11) is 3.38. The summed E-state index contributed by atoms with van der Waals surface area (Å²) in [6, 6.07) is -0.697. The van der Waals surface area contributed by atoms with Crippen molar-refractivity contribution in [3.63, 3.8) is 0 Å². The van der Waals surface area contributed by atoms with Gasteiger partial charge in [-0.25, -0.2) is 0 Å². The molecule has 0 rings (SSSR count). The van der Waals surface area contributed by atoms with Crippen LogP contribution in [0.25, 0.3) is 0 Å². The lowest BCUT2D eigenvalue weighted by Gasteiger charge is -2.11. The third-order valence-corrected chi connectivity index (χ3v) is 9.49. The van der Waals surface area contributed by atoms with E-state index in [-0.39, 0.29) is 73.4 Å². The van der Waals surface area contributed by atoms with Crippen molar-refractivity contribution in [1.29, 1.82) is 0 Å². The first kappa shape index (κ1) is 74.0.